The molecule has 0 saturated carbocycles. The SMILES string of the molecule is CCOc1cc(CNC(=NC)NCc2ccc(C)cc2OCC(F)(F)F)ccn1. The van der Waals surface area contributed by atoms with E-state index < -0.39 is 12.8 Å². The van der Waals surface area contributed by atoms with Gasteiger partial charge in [0.1, 0.15) is 5.75 Å². The number of rotatable bonds is 8. The molecule has 0 aliphatic heterocycles. The molecule has 0 aliphatic carbocycles. The van der Waals surface area contributed by atoms with Crippen LogP contribution in [0.2, 0.25) is 0 Å². The second-order valence-corrected chi connectivity index (χ2v) is 6.23. The number of ether oxygens (including phenoxy) is 2. The number of benzene rings is 1. The summed E-state index contributed by atoms with van der Waals surface area (Å²) in [5.41, 5.74) is 2.37. The van der Waals surface area contributed by atoms with E-state index in [9.17, 15) is 13.2 Å². The van der Waals surface area contributed by atoms with Gasteiger partial charge in [0.15, 0.2) is 12.6 Å². The van der Waals surface area contributed by atoms with Gasteiger partial charge in [-0.15, -0.1) is 0 Å². The Morgan fingerprint density at radius 2 is 1.86 bits per heavy atom. The fourth-order valence-electron chi connectivity index (χ4n) is 2.47. The van der Waals surface area contributed by atoms with Crippen molar-refractivity contribution in [2.75, 3.05) is 20.3 Å². The van der Waals surface area contributed by atoms with E-state index in [-0.39, 0.29) is 12.3 Å². The molecular weight excluding hydrogens is 385 g/mol. The van der Waals surface area contributed by atoms with Crippen LogP contribution in [0.5, 0.6) is 11.6 Å². The van der Waals surface area contributed by atoms with E-state index in [0.29, 0.717) is 30.6 Å². The Kier molecular flexibility index (Phi) is 8.11. The number of hydrogen-bond acceptors (Lipinski definition) is 4. The number of guanidine groups is 1. The van der Waals surface area contributed by atoms with Crippen LogP contribution < -0.4 is 20.1 Å². The van der Waals surface area contributed by atoms with Crippen molar-refractivity contribution in [3.63, 3.8) is 0 Å². The largest absolute Gasteiger partial charge is 0.484 e. The normalized spacial score (nSPS) is 11.9. The molecule has 1 aromatic carbocycles. The van der Waals surface area contributed by atoms with Gasteiger partial charge in [0.25, 0.3) is 0 Å². The van der Waals surface area contributed by atoms with Gasteiger partial charge in [-0.25, -0.2) is 4.98 Å². The molecule has 2 N–H and O–H groups in total. The van der Waals surface area contributed by atoms with E-state index >= 15 is 0 Å². The highest BCUT2D eigenvalue weighted by atomic mass is 19.4. The summed E-state index contributed by atoms with van der Waals surface area (Å²) in [6.07, 6.45) is -2.73. The number of halogens is 3. The molecule has 29 heavy (non-hydrogen) atoms. The van der Waals surface area contributed by atoms with E-state index in [4.69, 9.17) is 9.47 Å². The maximum Gasteiger partial charge on any atom is 0.422 e. The van der Waals surface area contributed by atoms with E-state index in [0.717, 1.165) is 11.1 Å². The second-order valence-electron chi connectivity index (χ2n) is 6.23. The first-order chi connectivity index (χ1) is 13.8. The molecule has 1 heterocycles. The van der Waals surface area contributed by atoms with Crippen molar-refractivity contribution in [3.05, 3.63) is 53.2 Å². The molecule has 2 aromatic rings. The monoisotopic (exact) mass is 410 g/mol. The molecule has 0 spiro atoms. The Morgan fingerprint density at radius 3 is 2.55 bits per heavy atom. The Labute approximate surface area is 168 Å². The van der Waals surface area contributed by atoms with E-state index in [1.807, 2.05) is 25.1 Å². The quantitative estimate of drug-likeness (QED) is 0.514. The maximum atomic E-state index is 12.5. The van der Waals surface area contributed by atoms with Crippen LogP contribution in [0.15, 0.2) is 41.5 Å². The van der Waals surface area contributed by atoms with Gasteiger partial charge in [0.05, 0.1) is 6.61 Å². The zero-order valence-electron chi connectivity index (χ0n) is 16.6. The average molecular weight is 410 g/mol. The highest BCUT2D eigenvalue weighted by Crippen LogP contribution is 2.23. The summed E-state index contributed by atoms with van der Waals surface area (Å²) in [5.74, 6) is 1.24. The Hall–Kier alpha value is -2.97. The lowest BCUT2D eigenvalue weighted by Gasteiger charge is -2.16. The van der Waals surface area contributed by atoms with Gasteiger partial charge in [-0.1, -0.05) is 12.1 Å². The van der Waals surface area contributed by atoms with Crippen LogP contribution >= 0.6 is 0 Å². The summed E-state index contributed by atoms with van der Waals surface area (Å²) >= 11 is 0. The summed E-state index contributed by atoms with van der Waals surface area (Å²) < 4.78 is 47.8. The molecule has 0 radical (unpaired) electrons. The first-order valence-corrected chi connectivity index (χ1v) is 9.12. The van der Waals surface area contributed by atoms with Crippen LogP contribution in [0.4, 0.5) is 13.2 Å². The smallest absolute Gasteiger partial charge is 0.422 e. The predicted molar refractivity (Wildman–Crippen MR) is 105 cm³/mol. The van der Waals surface area contributed by atoms with E-state index in [2.05, 4.69) is 20.6 Å². The molecule has 0 aliphatic rings. The fraction of sp³-hybridized carbons (Fsp3) is 0.400. The lowest BCUT2D eigenvalue weighted by atomic mass is 10.1. The number of alkyl halides is 3. The lowest BCUT2D eigenvalue weighted by Crippen LogP contribution is -2.36. The number of hydrogen-bond donors (Lipinski definition) is 2. The molecule has 0 amide bonds. The molecule has 1 aromatic heterocycles. The van der Waals surface area contributed by atoms with Crippen molar-refractivity contribution in [3.8, 4) is 11.6 Å². The van der Waals surface area contributed by atoms with Crippen LogP contribution in [0.3, 0.4) is 0 Å². The summed E-state index contributed by atoms with van der Waals surface area (Å²) in [4.78, 5) is 8.25. The summed E-state index contributed by atoms with van der Waals surface area (Å²) in [5, 5.41) is 6.23. The van der Waals surface area contributed by atoms with Gasteiger partial charge in [-0.05, 0) is 37.1 Å². The van der Waals surface area contributed by atoms with Gasteiger partial charge >= 0.3 is 6.18 Å². The molecule has 158 valence electrons. The Morgan fingerprint density at radius 1 is 1.10 bits per heavy atom. The number of aryl methyl sites for hydroxylation is 1. The van der Waals surface area contributed by atoms with Crippen molar-refractivity contribution in [1.29, 1.82) is 0 Å². The number of aliphatic imine (C=N–C) groups is 1. The van der Waals surface area contributed by atoms with Gasteiger partial charge < -0.3 is 20.1 Å². The molecule has 2 rings (SSSR count). The lowest BCUT2D eigenvalue weighted by molar-refractivity contribution is -0.153. The zero-order valence-corrected chi connectivity index (χ0v) is 16.6. The van der Waals surface area contributed by atoms with Crippen molar-refractivity contribution < 1.29 is 22.6 Å². The highest BCUT2D eigenvalue weighted by Gasteiger charge is 2.28. The van der Waals surface area contributed by atoms with Gasteiger partial charge in [-0.2, -0.15) is 13.2 Å². The van der Waals surface area contributed by atoms with E-state index in [1.54, 1.807) is 32.3 Å². The Balaban J connectivity index is 1.96. The molecule has 0 fully saturated rings. The summed E-state index contributed by atoms with van der Waals surface area (Å²) in [7, 11) is 1.61. The number of pyridine rings is 1. The molecule has 0 bridgehead atoms. The fourth-order valence-corrected chi connectivity index (χ4v) is 2.47. The third-order valence-electron chi connectivity index (χ3n) is 3.84. The van der Waals surface area contributed by atoms with Crippen LogP contribution in [0, 0.1) is 6.92 Å². The van der Waals surface area contributed by atoms with Crippen molar-refractivity contribution in [1.82, 2.24) is 15.6 Å². The topological polar surface area (TPSA) is 67.8 Å². The Bertz CT molecular complexity index is 826. The first-order valence-electron chi connectivity index (χ1n) is 9.12. The molecule has 0 atom stereocenters. The minimum Gasteiger partial charge on any atom is -0.484 e. The molecule has 9 heteroatoms. The summed E-state index contributed by atoms with van der Waals surface area (Å²) in [6.45, 7) is 3.61. The van der Waals surface area contributed by atoms with Crippen LogP contribution in [-0.4, -0.2) is 37.4 Å². The predicted octanol–water partition coefficient (Wildman–Crippen LogP) is 3.60. The minimum atomic E-state index is -4.39. The van der Waals surface area contributed by atoms with Crippen LogP contribution in [0.25, 0.3) is 0 Å². The third-order valence-corrected chi connectivity index (χ3v) is 3.84. The average Bonchev–Trinajstić information content (AvgIpc) is 2.67. The van der Waals surface area contributed by atoms with Gasteiger partial charge in [0, 0.05) is 38.0 Å². The van der Waals surface area contributed by atoms with Crippen molar-refractivity contribution >= 4 is 5.96 Å². The molecular formula is C20H25F3N4O2. The first kappa shape index (κ1) is 22.3. The van der Waals surface area contributed by atoms with Crippen molar-refractivity contribution in [2.45, 2.75) is 33.1 Å². The van der Waals surface area contributed by atoms with Gasteiger partial charge in [0.2, 0.25) is 5.88 Å². The standard InChI is InChI=1S/C20H25F3N4O2/c1-4-28-18-10-15(7-8-25-18)11-26-19(24-3)27-12-16-6-5-14(2)9-17(16)29-13-20(21,22)23/h5-10H,4,11-13H2,1-3H3,(H2,24,26,27). The number of aromatic nitrogens is 1. The highest BCUT2D eigenvalue weighted by molar-refractivity contribution is 5.79. The van der Waals surface area contributed by atoms with Gasteiger partial charge in [-0.3, -0.25) is 4.99 Å². The zero-order chi connectivity index (χ0) is 21.3. The minimum absolute atomic E-state index is 0.195. The maximum absolute atomic E-state index is 12.5. The summed E-state index contributed by atoms with van der Waals surface area (Å²) in [6, 6.07) is 8.82. The molecule has 6 nitrogen and oxygen atoms in total. The van der Waals surface area contributed by atoms with E-state index in [1.165, 1.54) is 0 Å². The number of nitrogens with one attached hydrogen (secondary N) is 2. The van der Waals surface area contributed by atoms with Crippen molar-refractivity contribution in [2.24, 2.45) is 4.99 Å². The third kappa shape index (κ3) is 7.89. The second kappa shape index (κ2) is 10.5. The molecule has 0 unspecified atom stereocenters. The molecule has 0 saturated heterocycles. The van der Waals surface area contributed by atoms with Crippen LogP contribution in [-0.2, 0) is 13.1 Å². The van der Waals surface area contributed by atoms with Crippen LogP contribution in [0.1, 0.15) is 23.6 Å². The number of nitrogens with zero attached hydrogens (tertiary/aromatic N) is 2.